The summed E-state index contributed by atoms with van der Waals surface area (Å²) in [6.45, 7) is 1.93. The Hall–Kier alpha value is -1.12. The largest absolute Gasteiger partial charge is 0.294 e. The summed E-state index contributed by atoms with van der Waals surface area (Å²) in [4.78, 5) is 13.0. The van der Waals surface area contributed by atoms with Gasteiger partial charge in [0.1, 0.15) is 0 Å². The fourth-order valence-corrected chi connectivity index (χ4v) is 2.32. The molecule has 0 atom stereocenters. The van der Waals surface area contributed by atoms with E-state index < -0.39 is 0 Å². The van der Waals surface area contributed by atoms with E-state index in [9.17, 15) is 4.79 Å². The van der Waals surface area contributed by atoms with Gasteiger partial charge in [-0.15, -0.1) is 11.3 Å². The quantitative estimate of drug-likeness (QED) is 0.749. The number of aryl methyl sites for hydroxylation is 1. The number of rotatable bonds is 3. The SMILES string of the molecule is Cc1ccc(C(=O)Cc2cccs2)cc1Cl. The first kappa shape index (κ1) is 11.4. The van der Waals surface area contributed by atoms with Gasteiger partial charge in [-0.1, -0.05) is 29.8 Å². The van der Waals surface area contributed by atoms with Gasteiger partial charge in [-0.2, -0.15) is 0 Å². The average molecular weight is 251 g/mol. The zero-order valence-electron chi connectivity index (χ0n) is 8.87. The maximum atomic E-state index is 11.9. The van der Waals surface area contributed by atoms with Gasteiger partial charge in [0, 0.05) is 21.9 Å². The molecule has 0 amide bonds. The van der Waals surface area contributed by atoms with E-state index in [2.05, 4.69) is 0 Å². The van der Waals surface area contributed by atoms with E-state index in [1.54, 1.807) is 17.4 Å². The normalized spacial score (nSPS) is 10.4. The smallest absolute Gasteiger partial charge is 0.168 e. The Bertz CT molecular complexity index is 503. The lowest BCUT2D eigenvalue weighted by Crippen LogP contribution is -2.02. The summed E-state index contributed by atoms with van der Waals surface area (Å²) in [6.07, 6.45) is 0.455. The van der Waals surface area contributed by atoms with Crippen molar-refractivity contribution in [2.75, 3.05) is 0 Å². The monoisotopic (exact) mass is 250 g/mol. The third kappa shape index (κ3) is 2.52. The van der Waals surface area contributed by atoms with Crippen LogP contribution in [-0.4, -0.2) is 5.78 Å². The molecule has 2 rings (SSSR count). The molecule has 0 aliphatic heterocycles. The molecular weight excluding hydrogens is 240 g/mol. The van der Waals surface area contributed by atoms with Crippen molar-refractivity contribution in [3.05, 3.63) is 56.7 Å². The number of hydrogen-bond donors (Lipinski definition) is 0. The second-order valence-corrected chi connectivity index (χ2v) is 5.08. The second-order valence-electron chi connectivity index (χ2n) is 3.64. The Labute approximate surface area is 104 Å². The first-order valence-electron chi connectivity index (χ1n) is 4.98. The molecule has 1 heterocycles. The van der Waals surface area contributed by atoms with E-state index in [-0.39, 0.29) is 5.78 Å². The predicted octanol–water partition coefficient (Wildman–Crippen LogP) is 4.14. The molecule has 2 aromatic rings. The van der Waals surface area contributed by atoms with Crippen LogP contribution in [0.5, 0.6) is 0 Å². The van der Waals surface area contributed by atoms with E-state index in [1.165, 1.54) is 0 Å². The molecule has 0 aliphatic carbocycles. The molecule has 3 heteroatoms. The van der Waals surface area contributed by atoms with Gasteiger partial charge in [-0.3, -0.25) is 4.79 Å². The summed E-state index contributed by atoms with van der Waals surface area (Å²) in [5.74, 6) is 0.115. The van der Waals surface area contributed by atoms with Gasteiger partial charge in [0.2, 0.25) is 0 Å². The molecule has 0 bridgehead atoms. The Morgan fingerprint density at radius 1 is 1.38 bits per heavy atom. The van der Waals surface area contributed by atoms with Crippen LogP contribution in [0.2, 0.25) is 5.02 Å². The average Bonchev–Trinajstić information content (AvgIpc) is 2.74. The van der Waals surface area contributed by atoms with Crippen LogP contribution in [0.4, 0.5) is 0 Å². The van der Waals surface area contributed by atoms with E-state index >= 15 is 0 Å². The number of ketones is 1. The van der Waals surface area contributed by atoms with Crippen molar-refractivity contribution in [3.63, 3.8) is 0 Å². The number of hydrogen-bond acceptors (Lipinski definition) is 2. The summed E-state index contributed by atoms with van der Waals surface area (Å²) >= 11 is 7.59. The van der Waals surface area contributed by atoms with Gasteiger partial charge < -0.3 is 0 Å². The summed E-state index contributed by atoms with van der Waals surface area (Å²) in [7, 11) is 0. The van der Waals surface area contributed by atoms with E-state index in [0.717, 1.165) is 10.4 Å². The summed E-state index contributed by atoms with van der Waals surface area (Å²) in [6, 6.07) is 9.38. The van der Waals surface area contributed by atoms with E-state index in [4.69, 9.17) is 11.6 Å². The lowest BCUT2D eigenvalue weighted by Gasteiger charge is -2.02. The highest BCUT2D eigenvalue weighted by molar-refractivity contribution is 7.10. The van der Waals surface area contributed by atoms with Crippen LogP contribution in [0.15, 0.2) is 35.7 Å². The standard InChI is InChI=1S/C13H11ClOS/c1-9-4-5-10(7-12(9)14)13(15)8-11-3-2-6-16-11/h2-7H,8H2,1H3. The van der Waals surface area contributed by atoms with Crippen molar-refractivity contribution in [1.82, 2.24) is 0 Å². The van der Waals surface area contributed by atoms with Crippen molar-refractivity contribution < 1.29 is 4.79 Å². The Balaban J connectivity index is 2.18. The minimum atomic E-state index is 0.115. The van der Waals surface area contributed by atoms with Crippen molar-refractivity contribution in [2.45, 2.75) is 13.3 Å². The first-order valence-corrected chi connectivity index (χ1v) is 6.24. The number of carbonyl (C=O) groups excluding carboxylic acids is 1. The van der Waals surface area contributed by atoms with E-state index in [0.29, 0.717) is 17.0 Å². The third-order valence-corrected chi connectivity index (χ3v) is 3.69. The molecular formula is C13H11ClOS. The molecule has 16 heavy (non-hydrogen) atoms. The van der Waals surface area contributed by atoms with Crippen LogP contribution in [0.25, 0.3) is 0 Å². The van der Waals surface area contributed by atoms with Crippen LogP contribution >= 0.6 is 22.9 Å². The molecule has 0 radical (unpaired) electrons. The van der Waals surface area contributed by atoms with E-state index in [1.807, 2.05) is 36.6 Å². The lowest BCUT2D eigenvalue weighted by molar-refractivity contribution is 0.0994. The number of halogens is 1. The van der Waals surface area contributed by atoms with Crippen LogP contribution in [-0.2, 0) is 6.42 Å². The molecule has 1 aromatic carbocycles. The highest BCUT2D eigenvalue weighted by Crippen LogP contribution is 2.19. The van der Waals surface area contributed by atoms with Crippen LogP contribution < -0.4 is 0 Å². The minimum Gasteiger partial charge on any atom is -0.294 e. The summed E-state index contributed by atoms with van der Waals surface area (Å²) in [5.41, 5.74) is 1.68. The summed E-state index contributed by atoms with van der Waals surface area (Å²) in [5, 5.41) is 2.63. The second kappa shape index (κ2) is 4.81. The van der Waals surface area contributed by atoms with Gasteiger partial charge in [-0.05, 0) is 30.0 Å². The molecule has 0 saturated carbocycles. The summed E-state index contributed by atoms with van der Waals surface area (Å²) < 4.78 is 0. The molecule has 0 unspecified atom stereocenters. The number of carbonyl (C=O) groups is 1. The Morgan fingerprint density at radius 2 is 2.19 bits per heavy atom. The predicted molar refractivity (Wildman–Crippen MR) is 68.5 cm³/mol. The highest BCUT2D eigenvalue weighted by Gasteiger charge is 2.08. The number of Topliss-reactive ketones (excluding diaryl/α,β-unsaturated/α-hetero) is 1. The van der Waals surface area contributed by atoms with Gasteiger partial charge in [0.15, 0.2) is 5.78 Å². The lowest BCUT2D eigenvalue weighted by atomic mass is 10.1. The zero-order valence-corrected chi connectivity index (χ0v) is 10.4. The van der Waals surface area contributed by atoms with Gasteiger partial charge in [0.25, 0.3) is 0 Å². The fourth-order valence-electron chi connectivity index (χ4n) is 1.44. The Morgan fingerprint density at radius 3 is 2.81 bits per heavy atom. The van der Waals surface area contributed by atoms with Crippen molar-refractivity contribution >= 4 is 28.7 Å². The minimum absolute atomic E-state index is 0.115. The molecule has 82 valence electrons. The zero-order chi connectivity index (χ0) is 11.5. The van der Waals surface area contributed by atoms with Crippen molar-refractivity contribution in [3.8, 4) is 0 Å². The Kier molecular flexibility index (Phi) is 3.42. The molecule has 1 aromatic heterocycles. The van der Waals surface area contributed by atoms with Crippen LogP contribution in [0, 0.1) is 6.92 Å². The van der Waals surface area contributed by atoms with Gasteiger partial charge in [-0.25, -0.2) is 0 Å². The first-order chi connectivity index (χ1) is 7.66. The van der Waals surface area contributed by atoms with Crippen molar-refractivity contribution in [1.29, 1.82) is 0 Å². The maximum absolute atomic E-state index is 11.9. The van der Waals surface area contributed by atoms with Gasteiger partial charge in [0.05, 0.1) is 0 Å². The number of benzene rings is 1. The molecule has 0 saturated heterocycles. The number of thiophene rings is 1. The molecule has 1 nitrogen and oxygen atoms in total. The highest BCUT2D eigenvalue weighted by atomic mass is 35.5. The molecule has 0 N–H and O–H groups in total. The molecule has 0 spiro atoms. The van der Waals surface area contributed by atoms with Crippen LogP contribution in [0.1, 0.15) is 20.8 Å². The topological polar surface area (TPSA) is 17.1 Å². The fraction of sp³-hybridized carbons (Fsp3) is 0.154. The van der Waals surface area contributed by atoms with Gasteiger partial charge >= 0.3 is 0 Å². The molecule has 0 aliphatic rings. The van der Waals surface area contributed by atoms with Crippen LogP contribution in [0.3, 0.4) is 0 Å². The maximum Gasteiger partial charge on any atom is 0.168 e. The van der Waals surface area contributed by atoms with Crippen molar-refractivity contribution in [2.24, 2.45) is 0 Å². The molecule has 0 fully saturated rings. The third-order valence-electron chi connectivity index (χ3n) is 2.41.